The molecular weight excluding hydrogens is 238 g/mol. The summed E-state index contributed by atoms with van der Waals surface area (Å²) in [6.45, 7) is 0.350. The summed E-state index contributed by atoms with van der Waals surface area (Å²) in [6.07, 6.45) is 7.86. The third kappa shape index (κ3) is 1.76. The van der Waals surface area contributed by atoms with E-state index < -0.39 is 0 Å². The second kappa shape index (κ2) is 3.92. The monoisotopic (exact) mass is 259 g/mol. The molecule has 0 radical (unpaired) electrons. The van der Waals surface area contributed by atoms with Crippen LogP contribution in [0.4, 0.5) is 0 Å². The van der Waals surface area contributed by atoms with E-state index in [1.54, 1.807) is 0 Å². The van der Waals surface area contributed by atoms with Crippen LogP contribution < -0.4 is 11.3 Å². The van der Waals surface area contributed by atoms with Crippen molar-refractivity contribution in [1.82, 2.24) is 9.97 Å². The maximum absolute atomic E-state index is 11.8. The van der Waals surface area contributed by atoms with Crippen molar-refractivity contribution in [1.29, 1.82) is 0 Å². The van der Waals surface area contributed by atoms with E-state index in [4.69, 9.17) is 5.73 Å². The van der Waals surface area contributed by atoms with Crippen molar-refractivity contribution in [3.05, 3.63) is 27.9 Å². The molecule has 0 saturated heterocycles. The van der Waals surface area contributed by atoms with E-state index in [1.165, 1.54) is 44.6 Å². The molecule has 0 aromatic carbocycles. The van der Waals surface area contributed by atoms with E-state index in [9.17, 15) is 4.79 Å². The molecule has 4 nitrogen and oxygen atoms in total. The highest BCUT2D eigenvalue weighted by atomic mass is 16.1. The second-order valence-corrected chi connectivity index (χ2v) is 6.99. The molecule has 0 amide bonds. The molecule has 4 fully saturated rings. The molecule has 19 heavy (non-hydrogen) atoms. The maximum atomic E-state index is 11.8. The third-order valence-electron chi connectivity index (χ3n) is 5.54. The summed E-state index contributed by atoms with van der Waals surface area (Å²) in [5.74, 6) is 3.51. The van der Waals surface area contributed by atoms with Crippen LogP contribution in [0.5, 0.6) is 0 Å². The fraction of sp³-hybridized carbons (Fsp3) is 0.733. The van der Waals surface area contributed by atoms with Crippen molar-refractivity contribution < 1.29 is 0 Å². The minimum absolute atomic E-state index is 0.0406. The molecule has 0 aliphatic heterocycles. The summed E-state index contributed by atoms with van der Waals surface area (Å²) in [5.41, 5.74) is 6.51. The van der Waals surface area contributed by atoms with Crippen molar-refractivity contribution in [2.75, 3.05) is 0 Å². The number of nitrogens with zero attached hydrogens (tertiary/aromatic N) is 1. The lowest BCUT2D eigenvalue weighted by Gasteiger charge is -2.56. The van der Waals surface area contributed by atoms with Crippen LogP contribution in [0, 0.1) is 17.8 Å². The van der Waals surface area contributed by atoms with Crippen LogP contribution in [0.25, 0.3) is 0 Å². The summed E-state index contributed by atoms with van der Waals surface area (Å²) >= 11 is 0. The van der Waals surface area contributed by atoms with E-state index in [0.29, 0.717) is 6.54 Å². The molecule has 4 heteroatoms. The van der Waals surface area contributed by atoms with Gasteiger partial charge in [-0.05, 0) is 56.3 Å². The molecule has 1 heterocycles. The first-order chi connectivity index (χ1) is 9.17. The van der Waals surface area contributed by atoms with Crippen molar-refractivity contribution in [3.8, 4) is 0 Å². The highest BCUT2D eigenvalue weighted by Gasteiger charge is 2.52. The molecule has 3 N–H and O–H groups in total. The van der Waals surface area contributed by atoms with Crippen molar-refractivity contribution in [3.63, 3.8) is 0 Å². The fourth-order valence-electron chi connectivity index (χ4n) is 5.26. The lowest BCUT2D eigenvalue weighted by molar-refractivity contribution is -0.00960. The van der Waals surface area contributed by atoms with Gasteiger partial charge in [0.1, 0.15) is 5.82 Å². The van der Waals surface area contributed by atoms with Gasteiger partial charge < -0.3 is 10.7 Å². The van der Waals surface area contributed by atoms with Gasteiger partial charge in [0.15, 0.2) is 0 Å². The van der Waals surface area contributed by atoms with Crippen LogP contribution in [0.3, 0.4) is 0 Å². The zero-order chi connectivity index (χ0) is 13.0. The van der Waals surface area contributed by atoms with Gasteiger partial charge >= 0.3 is 0 Å². The van der Waals surface area contributed by atoms with Gasteiger partial charge in [-0.1, -0.05) is 0 Å². The molecule has 0 unspecified atom stereocenters. The molecule has 5 rings (SSSR count). The lowest BCUT2D eigenvalue weighted by atomic mass is 9.49. The molecule has 4 bridgehead atoms. The minimum Gasteiger partial charge on any atom is -0.325 e. The van der Waals surface area contributed by atoms with E-state index in [0.717, 1.165) is 29.3 Å². The summed E-state index contributed by atoms with van der Waals surface area (Å²) in [4.78, 5) is 19.5. The number of nitrogens with two attached hydrogens (primary N) is 1. The van der Waals surface area contributed by atoms with Crippen LogP contribution in [-0.4, -0.2) is 9.97 Å². The Morgan fingerprint density at radius 3 is 2.32 bits per heavy atom. The van der Waals surface area contributed by atoms with E-state index >= 15 is 0 Å². The molecule has 1 aromatic heterocycles. The summed E-state index contributed by atoms with van der Waals surface area (Å²) < 4.78 is 0. The first-order valence-electron chi connectivity index (χ1n) is 7.48. The minimum atomic E-state index is -0.0406. The number of rotatable bonds is 2. The Hall–Kier alpha value is -1.16. The van der Waals surface area contributed by atoms with Crippen molar-refractivity contribution >= 4 is 0 Å². The van der Waals surface area contributed by atoms with E-state index in [2.05, 4.69) is 9.97 Å². The van der Waals surface area contributed by atoms with Crippen LogP contribution in [-0.2, 0) is 12.0 Å². The van der Waals surface area contributed by atoms with Crippen molar-refractivity contribution in [2.45, 2.75) is 50.5 Å². The largest absolute Gasteiger partial charge is 0.325 e. The summed E-state index contributed by atoms with van der Waals surface area (Å²) in [6, 6.07) is 1.53. The lowest BCUT2D eigenvalue weighted by Crippen LogP contribution is -2.50. The topological polar surface area (TPSA) is 71.8 Å². The molecule has 102 valence electrons. The van der Waals surface area contributed by atoms with Gasteiger partial charge in [0.05, 0.1) is 5.69 Å². The fourth-order valence-corrected chi connectivity index (χ4v) is 5.26. The number of nitrogens with one attached hydrogen (secondary N) is 1. The molecule has 0 spiro atoms. The van der Waals surface area contributed by atoms with Gasteiger partial charge in [-0.3, -0.25) is 4.79 Å². The van der Waals surface area contributed by atoms with Crippen molar-refractivity contribution in [2.24, 2.45) is 23.5 Å². The molecule has 4 saturated carbocycles. The Bertz CT molecular complexity index is 527. The Balaban J connectivity index is 1.79. The number of hydrogen-bond donors (Lipinski definition) is 2. The van der Waals surface area contributed by atoms with Crippen LogP contribution in [0.15, 0.2) is 10.9 Å². The van der Waals surface area contributed by atoms with Gasteiger partial charge in [-0.15, -0.1) is 0 Å². The molecule has 4 aliphatic rings. The number of hydrogen-bond acceptors (Lipinski definition) is 3. The highest BCUT2D eigenvalue weighted by molar-refractivity contribution is 5.18. The predicted molar refractivity (Wildman–Crippen MR) is 72.6 cm³/mol. The average molecular weight is 259 g/mol. The standard InChI is InChI=1S/C15H21N3O/c16-8-12-4-13(19)18-14(17-12)15-5-9-1-10(6-15)3-11(2-9)7-15/h4,9-11H,1-3,5-8,16H2,(H,17,18,19). The first kappa shape index (κ1) is 11.6. The maximum Gasteiger partial charge on any atom is 0.251 e. The predicted octanol–water partition coefficient (Wildman–Crippen LogP) is 1.70. The van der Waals surface area contributed by atoms with Crippen LogP contribution >= 0.6 is 0 Å². The Morgan fingerprint density at radius 1 is 1.21 bits per heavy atom. The Morgan fingerprint density at radius 2 is 1.79 bits per heavy atom. The molecule has 1 aromatic rings. The van der Waals surface area contributed by atoms with Crippen LogP contribution in [0.2, 0.25) is 0 Å². The SMILES string of the molecule is NCc1cc(=O)[nH]c(C23CC4CC(CC(C4)C2)C3)n1. The zero-order valence-corrected chi connectivity index (χ0v) is 11.2. The number of aromatic amines is 1. The quantitative estimate of drug-likeness (QED) is 0.849. The van der Waals surface area contributed by atoms with E-state index in [1.807, 2.05) is 0 Å². The Kier molecular flexibility index (Phi) is 2.40. The van der Waals surface area contributed by atoms with Gasteiger partial charge in [-0.2, -0.15) is 0 Å². The second-order valence-electron chi connectivity index (χ2n) is 6.99. The molecule has 4 aliphatic carbocycles. The molecule has 0 atom stereocenters. The summed E-state index contributed by atoms with van der Waals surface area (Å²) in [5, 5.41) is 0. The van der Waals surface area contributed by atoms with Crippen LogP contribution in [0.1, 0.15) is 50.0 Å². The first-order valence-corrected chi connectivity index (χ1v) is 7.48. The zero-order valence-electron chi connectivity index (χ0n) is 11.2. The van der Waals surface area contributed by atoms with Gasteiger partial charge in [0.2, 0.25) is 0 Å². The highest BCUT2D eigenvalue weighted by Crippen LogP contribution is 2.59. The smallest absolute Gasteiger partial charge is 0.251 e. The summed E-state index contributed by atoms with van der Waals surface area (Å²) in [7, 11) is 0. The Labute approximate surface area is 112 Å². The van der Waals surface area contributed by atoms with Gasteiger partial charge in [-0.25, -0.2) is 4.98 Å². The molecular formula is C15H21N3O. The average Bonchev–Trinajstić information content (AvgIpc) is 2.36. The van der Waals surface area contributed by atoms with E-state index in [-0.39, 0.29) is 11.0 Å². The normalized spacial score (nSPS) is 39.7. The van der Waals surface area contributed by atoms with Gasteiger partial charge in [0.25, 0.3) is 5.56 Å². The number of aromatic nitrogens is 2. The number of H-pyrrole nitrogens is 1. The third-order valence-corrected chi connectivity index (χ3v) is 5.54. The van der Waals surface area contributed by atoms with Gasteiger partial charge in [0, 0.05) is 18.0 Å².